The lowest BCUT2D eigenvalue weighted by Gasteiger charge is -2.47. The summed E-state index contributed by atoms with van der Waals surface area (Å²) in [7, 11) is 1.83. The van der Waals surface area contributed by atoms with Gasteiger partial charge in [-0.3, -0.25) is 0 Å². The van der Waals surface area contributed by atoms with Crippen LogP contribution in [0.15, 0.2) is 24.3 Å². The second-order valence-electron chi connectivity index (χ2n) is 5.85. The van der Waals surface area contributed by atoms with E-state index in [1.807, 2.05) is 13.2 Å². The van der Waals surface area contributed by atoms with Crippen LogP contribution in [0.1, 0.15) is 51.6 Å². The average Bonchev–Trinajstić information content (AvgIpc) is 2.36. The van der Waals surface area contributed by atoms with Gasteiger partial charge >= 0.3 is 0 Å². The first kappa shape index (κ1) is 15.3. The van der Waals surface area contributed by atoms with Gasteiger partial charge in [0.2, 0.25) is 0 Å². The Hall–Kier alpha value is -1.06. The van der Waals surface area contributed by atoms with E-state index in [9.17, 15) is 0 Å². The molecule has 2 rings (SSSR count). The Kier molecular flexibility index (Phi) is 5.06. The van der Waals surface area contributed by atoms with Crippen LogP contribution < -0.4 is 10.1 Å². The van der Waals surface area contributed by atoms with Crippen LogP contribution in [0.2, 0.25) is 0 Å². The van der Waals surface area contributed by atoms with Crippen LogP contribution in [-0.2, 0) is 4.74 Å². The van der Waals surface area contributed by atoms with Gasteiger partial charge in [-0.1, -0.05) is 19.1 Å². The summed E-state index contributed by atoms with van der Waals surface area (Å²) >= 11 is 0. The second kappa shape index (κ2) is 6.59. The molecule has 1 atom stereocenters. The molecule has 20 heavy (non-hydrogen) atoms. The molecule has 1 fully saturated rings. The zero-order chi connectivity index (χ0) is 14.6. The highest BCUT2D eigenvalue weighted by molar-refractivity contribution is 5.33. The van der Waals surface area contributed by atoms with Crippen molar-refractivity contribution in [2.75, 3.05) is 13.7 Å². The number of hydrogen-bond donors (Lipinski definition) is 1. The molecule has 0 spiro atoms. The maximum Gasteiger partial charge on any atom is 0.120 e. The van der Waals surface area contributed by atoms with Gasteiger partial charge in [0.25, 0.3) is 0 Å². The molecule has 112 valence electrons. The lowest BCUT2D eigenvalue weighted by molar-refractivity contribution is -0.0995. The van der Waals surface area contributed by atoms with Gasteiger partial charge < -0.3 is 14.8 Å². The number of methoxy groups -OCH3 is 1. The number of likely N-dealkylation sites (N-methyl/N-ethyl adjacent to an activating group) is 1. The third-order valence-corrected chi connectivity index (χ3v) is 4.10. The SMILES string of the molecule is CCNC(c1cccc(OC(C)C)c1)C1(OC)CCC1. The van der Waals surface area contributed by atoms with Crippen molar-refractivity contribution in [2.24, 2.45) is 0 Å². The van der Waals surface area contributed by atoms with Crippen LogP contribution in [0.5, 0.6) is 5.75 Å². The zero-order valence-electron chi connectivity index (χ0n) is 13.1. The molecule has 0 heterocycles. The van der Waals surface area contributed by atoms with Crippen molar-refractivity contribution in [3.8, 4) is 5.75 Å². The molecule has 1 aromatic rings. The van der Waals surface area contributed by atoms with E-state index >= 15 is 0 Å². The van der Waals surface area contributed by atoms with E-state index in [1.165, 1.54) is 12.0 Å². The molecule has 0 radical (unpaired) electrons. The van der Waals surface area contributed by atoms with Crippen LogP contribution in [0.4, 0.5) is 0 Å². The van der Waals surface area contributed by atoms with Crippen molar-refractivity contribution in [1.82, 2.24) is 5.32 Å². The summed E-state index contributed by atoms with van der Waals surface area (Å²) < 4.78 is 11.7. The minimum absolute atomic E-state index is 0.0491. The highest BCUT2D eigenvalue weighted by atomic mass is 16.5. The Balaban J connectivity index is 2.25. The van der Waals surface area contributed by atoms with E-state index in [-0.39, 0.29) is 17.7 Å². The fraction of sp³-hybridized carbons (Fsp3) is 0.647. The summed E-state index contributed by atoms with van der Waals surface area (Å²) in [5.74, 6) is 0.936. The number of nitrogens with one attached hydrogen (secondary N) is 1. The minimum Gasteiger partial charge on any atom is -0.491 e. The molecular weight excluding hydrogens is 250 g/mol. The van der Waals surface area contributed by atoms with Gasteiger partial charge in [-0.05, 0) is 57.4 Å². The molecule has 3 heteroatoms. The molecule has 1 aliphatic carbocycles. The predicted molar refractivity (Wildman–Crippen MR) is 82.2 cm³/mol. The molecule has 1 aromatic carbocycles. The summed E-state index contributed by atoms with van der Waals surface area (Å²) in [5.41, 5.74) is 1.21. The van der Waals surface area contributed by atoms with Crippen molar-refractivity contribution in [3.05, 3.63) is 29.8 Å². The summed E-state index contributed by atoms with van der Waals surface area (Å²) in [4.78, 5) is 0. The Morgan fingerprint density at radius 2 is 2.05 bits per heavy atom. The molecule has 0 aliphatic heterocycles. The normalized spacial score (nSPS) is 18.6. The molecule has 1 N–H and O–H groups in total. The van der Waals surface area contributed by atoms with Crippen molar-refractivity contribution in [3.63, 3.8) is 0 Å². The van der Waals surface area contributed by atoms with Crippen molar-refractivity contribution in [1.29, 1.82) is 0 Å². The zero-order valence-corrected chi connectivity index (χ0v) is 13.1. The van der Waals surface area contributed by atoms with Gasteiger partial charge in [-0.2, -0.15) is 0 Å². The van der Waals surface area contributed by atoms with E-state index in [2.05, 4.69) is 44.3 Å². The maximum atomic E-state index is 5.86. The molecule has 1 saturated carbocycles. The van der Waals surface area contributed by atoms with Crippen molar-refractivity contribution < 1.29 is 9.47 Å². The van der Waals surface area contributed by atoms with Crippen LogP contribution >= 0.6 is 0 Å². The maximum absolute atomic E-state index is 5.86. The topological polar surface area (TPSA) is 30.5 Å². The standard InChI is InChI=1S/C17H27NO2/c1-5-18-16(17(19-4)10-7-11-17)14-8-6-9-15(12-14)20-13(2)3/h6,8-9,12-13,16,18H,5,7,10-11H2,1-4H3. The summed E-state index contributed by atoms with van der Waals surface area (Å²) in [6.07, 6.45) is 3.69. The Labute approximate surface area is 122 Å². The largest absolute Gasteiger partial charge is 0.491 e. The smallest absolute Gasteiger partial charge is 0.120 e. The van der Waals surface area contributed by atoms with Crippen molar-refractivity contribution in [2.45, 2.75) is 57.8 Å². The molecule has 0 bridgehead atoms. The number of benzene rings is 1. The van der Waals surface area contributed by atoms with E-state index in [1.54, 1.807) is 0 Å². The average molecular weight is 277 g/mol. The number of rotatable bonds is 7. The first-order valence-corrected chi connectivity index (χ1v) is 7.66. The van der Waals surface area contributed by atoms with Gasteiger partial charge in [0.1, 0.15) is 5.75 Å². The van der Waals surface area contributed by atoms with E-state index < -0.39 is 0 Å². The summed E-state index contributed by atoms with van der Waals surface area (Å²) in [6, 6.07) is 8.64. The molecule has 0 aromatic heterocycles. The first-order valence-electron chi connectivity index (χ1n) is 7.66. The fourth-order valence-corrected chi connectivity index (χ4v) is 2.99. The van der Waals surface area contributed by atoms with E-state index in [0.717, 1.165) is 25.1 Å². The number of hydrogen-bond acceptors (Lipinski definition) is 3. The van der Waals surface area contributed by atoms with Gasteiger partial charge in [0.15, 0.2) is 0 Å². The van der Waals surface area contributed by atoms with Gasteiger partial charge in [-0.15, -0.1) is 0 Å². The van der Waals surface area contributed by atoms with Gasteiger partial charge in [-0.25, -0.2) is 0 Å². The first-order chi connectivity index (χ1) is 9.61. The van der Waals surface area contributed by atoms with E-state index in [0.29, 0.717) is 0 Å². The monoisotopic (exact) mass is 277 g/mol. The minimum atomic E-state index is -0.0491. The molecule has 3 nitrogen and oxygen atoms in total. The third-order valence-electron chi connectivity index (χ3n) is 4.10. The van der Waals surface area contributed by atoms with Crippen LogP contribution in [0, 0.1) is 0 Å². The van der Waals surface area contributed by atoms with Crippen LogP contribution in [0.3, 0.4) is 0 Å². The molecule has 0 amide bonds. The molecule has 1 unspecified atom stereocenters. The van der Waals surface area contributed by atoms with Crippen LogP contribution in [0.25, 0.3) is 0 Å². The predicted octanol–water partition coefficient (Wildman–Crippen LogP) is 3.69. The highest BCUT2D eigenvalue weighted by Crippen LogP contribution is 2.45. The van der Waals surface area contributed by atoms with E-state index in [4.69, 9.17) is 9.47 Å². The quantitative estimate of drug-likeness (QED) is 0.824. The van der Waals surface area contributed by atoms with Gasteiger partial charge in [0.05, 0.1) is 17.7 Å². The molecular formula is C17H27NO2. The Morgan fingerprint density at radius 3 is 2.55 bits per heavy atom. The second-order valence-corrected chi connectivity index (χ2v) is 5.85. The Morgan fingerprint density at radius 1 is 1.30 bits per heavy atom. The van der Waals surface area contributed by atoms with Crippen molar-refractivity contribution >= 4 is 0 Å². The summed E-state index contributed by atoms with van der Waals surface area (Å²) in [6.45, 7) is 7.18. The lowest BCUT2D eigenvalue weighted by atomic mass is 9.72. The Bertz CT molecular complexity index is 421. The highest BCUT2D eigenvalue weighted by Gasteiger charge is 2.44. The lowest BCUT2D eigenvalue weighted by Crippen LogP contribution is -2.50. The third kappa shape index (κ3) is 3.15. The van der Waals surface area contributed by atoms with Crippen LogP contribution in [-0.4, -0.2) is 25.4 Å². The summed E-state index contributed by atoms with van der Waals surface area (Å²) in [5, 5.41) is 3.59. The van der Waals surface area contributed by atoms with Gasteiger partial charge in [0, 0.05) is 7.11 Å². The number of ether oxygens (including phenoxy) is 2. The fourth-order valence-electron chi connectivity index (χ4n) is 2.99. The molecule has 0 saturated heterocycles. The molecule has 1 aliphatic rings.